The number of carbonyl (C=O) groups is 1. The highest BCUT2D eigenvalue weighted by molar-refractivity contribution is 5.87. The van der Waals surface area contributed by atoms with Crippen molar-refractivity contribution in [1.82, 2.24) is 4.57 Å². The first kappa shape index (κ1) is 21.9. The monoisotopic (exact) mass is 426 g/mol. The standard InChI is InChI=1S/C23H23FN2O5/c1-13-8-15(24)9-14(2)22(13)31-19-7-6-16(25-23(28)30-5)10-17(19)18-12-26(3)21(27)11-20(18)29-4/h6-12H,1-5H3,(H,25,28). The van der Waals surface area contributed by atoms with Gasteiger partial charge in [0, 0.05) is 36.1 Å². The van der Waals surface area contributed by atoms with Crippen LogP contribution in [0.3, 0.4) is 0 Å². The van der Waals surface area contributed by atoms with Crippen LogP contribution < -0.4 is 20.3 Å². The third-order valence-electron chi connectivity index (χ3n) is 4.75. The zero-order valence-electron chi connectivity index (χ0n) is 17.9. The van der Waals surface area contributed by atoms with Crippen LogP contribution in [-0.4, -0.2) is 24.9 Å². The largest absolute Gasteiger partial charge is 0.496 e. The Hall–Kier alpha value is -3.81. The van der Waals surface area contributed by atoms with Crippen molar-refractivity contribution in [1.29, 1.82) is 0 Å². The average molecular weight is 426 g/mol. The molecule has 0 saturated carbocycles. The molecule has 0 bridgehead atoms. The Labute approximate surface area is 179 Å². The fourth-order valence-electron chi connectivity index (χ4n) is 3.23. The molecule has 7 nitrogen and oxygen atoms in total. The number of hydrogen-bond acceptors (Lipinski definition) is 5. The molecule has 3 aromatic rings. The second kappa shape index (κ2) is 8.91. The van der Waals surface area contributed by atoms with Crippen molar-refractivity contribution in [2.45, 2.75) is 13.8 Å². The Balaban J connectivity index is 2.20. The van der Waals surface area contributed by atoms with Gasteiger partial charge in [-0.2, -0.15) is 0 Å². The molecule has 0 aliphatic heterocycles. The number of benzene rings is 2. The van der Waals surface area contributed by atoms with Crippen molar-refractivity contribution >= 4 is 11.8 Å². The second-order valence-electron chi connectivity index (χ2n) is 7.00. The van der Waals surface area contributed by atoms with Gasteiger partial charge >= 0.3 is 6.09 Å². The van der Waals surface area contributed by atoms with E-state index in [4.69, 9.17) is 9.47 Å². The molecule has 0 aliphatic rings. The number of nitrogens with one attached hydrogen (secondary N) is 1. The van der Waals surface area contributed by atoms with E-state index in [1.807, 2.05) is 0 Å². The summed E-state index contributed by atoms with van der Waals surface area (Å²) < 4.78 is 31.4. The number of pyridine rings is 1. The summed E-state index contributed by atoms with van der Waals surface area (Å²) in [6.07, 6.45) is 0.993. The number of halogens is 1. The van der Waals surface area contributed by atoms with Gasteiger partial charge in [0.2, 0.25) is 0 Å². The second-order valence-corrected chi connectivity index (χ2v) is 7.00. The number of ether oxygens (including phenoxy) is 3. The van der Waals surface area contributed by atoms with Crippen molar-refractivity contribution in [3.63, 3.8) is 0 Å². The molecule has 0 radical (unpaired) electrons. The van der Waals surface area contributed by atoms with E-state index < -0.39 is 6.09 Å². The van der Waals surface area contributed by atoms with Crippen LogP contribution in [-0.2, 0) is 11.8 Å². The Morgan fingerprint density at radius 3 is 2.29 bits per heavy atom. The molecule has 0 unspecified atom stereocenters. The molecule has 1 amide bonds. The van der Waals surface area contributed by atoms with Crippen molar-refractivity contribution in [2.75, 3.05) is 19.5 Å². The van der Waals surface area contributed by atoms with Crippen molar-refractivity contribution in [3.8, 4) is 28.4 Å². The Bertz CT molecular complexity index is 1180. The lowest BCUT2D eigenvalue weighted by Gasteiger charge is -2.18. The lowest BCUT2D eigenvalue weighted by Crippen LogP contribution is -2.15. The maximum absolute atomic E-state index is 13.7. The highest BCUT2D eigenvalue weighted by atomic mass is 19.1. The van der Waals surface area contributed by atoms with Crippen molar-refractivity contribution < 1.29 is 23.4 Å². The minimum absolute atomic E-state index is 0.239. The number of methoxy groups -OCH3 is 2. The van der Waals surface area contributed by atoms with Crippen LogP contribution in [0.1, 0.15) is 11.1 Å². The van der Waals surface area contributed by atoms with Gasteiger partial charge in [-0.25, -0.2) is 9.18 Å². The minimum atomic E-state index is -0.628. The lowest BCUT2D eigenvalue weighted by atomic mass is 10.0. The molecule has 0 fully saturated rings. The molecule has 162 valence electrons. The number of anilines is 1. The predicted molar refractivity (Wildman–Crippen MR) is 116 cm³/mol. The number of nitrogens with zero attached hydrogens (tertiary/aromatic N) is 1. The summed E-state index contributed by atoms with van der Waals surface area (Å²) in [5.41, 5.74) is 2.62. The zero-order chi connectivity index (χ0) is 22.7. The number of hydrogen-bond donors (Lipinski definition) is 1. The molecule has 2 aromatic carbocycles. The quantitative estimate of drug-likeness (QED) is 0.635. The van der Waals surface area contributed by atoms with Gasteiger partial charge in [-0.3, -0.25) is 10.1 Å². The third-order valence-corrected chi connectivity index (χ3v) is 4.75. The van der Waals surface area contributed by atoms with E-state index in [-0.39, 0.29) is 11.4 Å². The Morgan fingerprint density at radius 2 is 1.68 bits per heavy atom. The molecule has 3 rings (SSSR count). The summed E-state index contributed by atoms with van der Waals surface area (Å²) in [4.78, 5) is 23.8. The molecule has 1 aromatic heterocycles. The molecule has 1 N–H and O–H groups in total. The minimum Gasteiger partial charge on any atom is -0.496 e. The summed E-state index contributed by atoms with van der Waals surface area (Å²) in [6, 6.07) is 9.16. The zero-order valence-corrected chi connectivity index (χ0v) is 17.9. The van der Waals surface area contributed by atoms with Crippen LogP contribution in [0, 0.1) is 19.7 Å². The van der Waals surface area contributed by atoms with Gasteiger partial charge in [-0.15, -0.1) is 0 Å². The molecule has 1 heterocycles. The van der Waals surface area contributed by atoms with E-state index in [1.54, 1.807) is 45.3 Å². The third kappa shape index (κ3) is 4.69. The number of carbonyl (C=O) groups excluding carboxylic acids is 1. The summed E-state index contributed by atoms with van der Waals surface area (Å²) in [7, 11) is 4.35. The molecule has 0 spiro atoms. The van der Waals surface area contributed by atoms with Crippen molar-refractivity contribution in [2.24, 2.45) is 7.05 Å². The molecule has 8 heteroatoms. The van der Waals surface area contributed by atoms with Gasteiger partial charge in [-0.1, -0.05) is 0 Å². The topological polar surface area (TPSA) is 78.8 Å². The predicted octanol–water partition coefficient (Wildman–Crippen LogP) is 4.79. The fourth-order valence-corrected chi connectivity index (χ4v) is 3.23. The first-order chi connectivity index (χ1) is 14.7. The molecule has 0 atom stereocenters. The number of amides is 1. The van der Waals surface area contributed by atoms with E-state index in [9.17, 15) is 14.0 Å². The van der Waals surface area contributed by atoms with E-state index in [2.05, 4.69) is 10.1 Å². The maximum Gasteiger partial charge on any atom is 0.411 e. The molecular formula is C23H23FN2O5. The van der Waals surface area contributed by atoms with Crippen LogP contribution in [0.4, 0.5) is 14.9 Å². The SMILES string of the molecule is COC(=O)Nc1ccc(Oc2c(C)cc(F)cc2C)c(-c2cn(C)c(=O)cc2OC)c1. The van der Waals surface area contributed by atoms with E-state index in [1.165, 1.54) is 37.0 Å². The van der Waals surface area contributed by atoms with Gasteiger partial charge in [0.15, 0.2) is 0 Å². The van der Waals surface area contributed by atoms with E-state index in [0.717, 1.165) is 0 Å². The number of aryl methyl sites for hydroxylation is 3. The van der Waals surface area contributed by atoms with Crippen molar-refractivity contribution in [3.05, 3.63) is 69.9 Å². The normalized spacial score (nSPS) is 10.5. The molecular weight excluding hydrogens is 403 g/mol. The Kier molecular flexibility index (Phi) is 6.29. The van der Waals surface area contributed by atoms with Crippen LogP contribution in [0.25, 0.3) is 11.1 Å². The highest BCUT2D eigenvalue weighted by Crippen LogP contribution is 2.40. The first-order valence-corrected chi connectivity index (χ1v) is 9.42. The van der Waals surface area contributed by atoms with Crippen LogP contribution in [0.2, 0.25) is 0 Å². The Morgan fingerprint density at radius 1 is 1.00 bits per heavy atom. The van der Waals surface area contributed by atoms with Gasteiger partial charge in [0.05, 0.1) is 14.2 Å². The first-order valence-electron chi connectivity index (χ1n) is 9.42. The summed E-state index contributed by atoms with van der Waals surface area (Å²) in [6.45, 7) is 3.51. The summed E-state index contributed by atoms with van der Waals surface area (Å²) in [5.74, 6) is 0.945. The molecule has 0 saturated heterocycles. The summed E-state index contributed by atoms with van der Waals surface area (Å²) in [5, 5.41) is 2.61. The van der Waals surface area contributed by atoms with Crippen LogP contribution in [0.5, 0.6) is 17.2 Å². The molecule has 0 aliphatic carbocycles. The number of rotatable bonds is 5. The van der Waals surface area contributed by atoms with Gasteiger partial charge in [-0.05, 0) is 55.3 Å². The highest BCUT2D eigenvalue weighted by Gasteiger charge is 2.18. The maximum atomic E-state index is 13.7. The van der Waals surface area contributed by atoms with E-state index in [0.29, 0.717) is 45.2 Å². The summed E-state index contributed by atoms with van der Waals surface area (Å²) >= 11 is 0. The van der Waals surface area contributed by atoms with Gasteiger partial charge < -0.3 is 18.8 Å². The van der Waals surface area contributed by atoms with Gasteiger partial charge in [0.1, 0.15) is 23.1 Å². The van der Waals surface area contributed by atoms with Crippen LogP contribution >= 0.6 is 0 Å². The van der Waals surface area contributed by atoms with Crippen LogP contribution in [0.15, 0.2) is 47.4 Å². The lowest BCUT2D eigenvalue weighted by molar-refractivity contribution is 0.187. The average Bonchev–Trinajstić information content (AvgIpc) is 2.72. The fraction of sp³-hybridized carbons (Fsp3) is 0.217. The smallest absolute Gasteiger partial charge is 0.411 e. The number of aromatic nitrogens is 1. The molecule has 31 heavy (non-hydrogen) atoms. The van der Waals surface area contributed by atoms with Gasteiger partial charge in [0.25, 0.3) is 5.56 Å². The van der Waals surface area contributed by atoms with E-state index >= 15 is 0 Å².